The number of nitrogens with one attached hydrogen (secondary N) is 1. The van der Waals surface area contributed by atoms with Crippen molar-refractivity contribution < 1.29 is 44.4 Å². The van der Waals surface area contributed by atoms with Crippen molar-refractivity contribution in [1.29, 1.82) is 0 Å². The molecule has 0 bridgehead atoms. The van der Waals surface area contributed by atoms with Gasteiger partial charge >= 0.3 is 0 Å². The van der Waals surface area contributed by atoms with E-state index >= 15 is 0 Å². The van der Waals surface area contributed by atoms with E-state index in [0.717, 1.165) is 6.26 Å². The normalized spacial score (nSPS) is 19.3. The summed E-state index contributed by atoms with van der Waals surface area (Å²) in [5.41, 5.74) is -0.246. The molecule has 0 saturated carbocycles. The van der Waals surface area contributed by atoms with Crippen LogP contribution >= 0.6 is 0 Å². The number of aliphatic hydroxyl groups is 1. The summed E-state index contributed by atoms with van der Waals surface area (Å²) >= 11 is 0. The van der Waals surface area contributed by atoms with Crippen molar-refractivity contribution in [3.63, 3.8) is 0 Å². The Hall–Kier alpha value is -2.90. The molecule has 0 radical (unpaired) electrons. The lowest BCUT2D eigenvalue weighted by Gasteiger charge is -2.38. The Bertz CT molecular complexity index is 1950. The van der Waals surface area contributed by atoms with Crippen molar-refractivity contribution in [2.24, 2.45) is 0 Å². The second-order valence-electron chi connectivity index (χ2n) is 11.8. The highest BCUT2D eigenvalue weighted by Crippen LogP contribution is 2.37. The molecule has 2 aromatic carbocycles. The van der Waals surface area contributed by atoms with E-state index in [0.29, 0.717) is 55.3 Å². The summed E-state index contributed by atoms with van der Waals surface area (Å²) in [7, 11) is -11.0. The third-order valence-electron chi connectivity index (χ3n) is 8.07. The van der Waals surface area contributed by atoms with E-state index in [1.165, 1.54) is 22.6 Å². The Morgan fingerprint density at radius 3 is 2.34 bits per heavy atom. The number of hydrogen-bond acceptors (Lipinski definition) is 11. The highest BCUT2D eigenvalue weighted by atomic mass is 32.2. The molecular weight excluding hydrogens is 675 g/mol. The van der Waals surface area contributed by atoms with Gasteiger partial charge in [-0.25, -0.2) is 16.8 Å². The minimum absolute atomic E-state index is 0.0136. The van der Waals surface area contributed by atoms with Crippen LogP contribution in [0.25, 0.3) is 10.9 Å². The molecule has 0 amide bonds. The van der Waals surface area contributed by atoms with Crippen LogP contribution in [0.1, 0.15) is 26.2 Å². The number of benzene rings is 2. The van der Waals surface area contributed by atoms with E-state index < -0.39 is 47.1 Å². The number of aryl methyl sites for hydroxylation is 1. The van der Waals surface area contributed by atoms with E-state index in [4.69, 9.17) is 14.0 Å². The summed E-state index contributed by atoms with van der Waals surface area (Å²) in [6, 6.07) is 13.2. The maximum Gasteiger partial charge on any atom is 0.261 e. The van der Waals surface area contributed by atoms with E-state index in [9.17, 15) is 35.2 Å². The summed E-state index contributed by atoms with van der Waals surface area (Å²) in [6.07, 6.45) is 4.14. The molecule has 47 heavy (non-hydrogen) atoms. The molecule has 0 aliphatic carbocycles. The largest absolute Gasteiger partial charge is 0.491 e. The van der Waals surface area contributed by atoms with Crippen LogP contribution < -0.4 is 15.5 Å². The summed E-state index contributed by atoms with van der Waals surface area (Å²) in [5.74, 6) is 0.360. The second-order valence-corrected chi connectivity index (χ2v) is 17.2. The molecular formula is C30H41N3O11S3. The number of nitrogens with zero attached hydrogens (tertiary/aromatic N) is 2. The lowest BCUT2D eigenvalue weighted by Crippen LogP contribution is -2.47. The van der Waals surface area contributed by atoms with Crippen LogP contribution in [0.3, 0.4) is 0 Å². The lowest BCUT2D eigenvalue weighted by molar-refractivity contribution is -0.0312. The molecule has 3 aromatic rings. The number of fused-ring (bicyclic) bond motifs is 1. The van der Waals surface area contributed by atoms with Gasteiger partial charge in [-0.1, -0.05) is 18.2 Å². The summed E-state index contributed by atoms with van der Waals surface area (Å²) in [4.78, 5) is 13.1. The number of para-hydroxylation sites is 1. The van der Waals surface area contributed by atoms with Gasteiger partial charge < -0.3 is 24.5 Å². The number of aromatic nitrogens is 1. The SMILES string of the molecule is CCn1cc(S(=O)(=O)N2CCC3(CC2)C[C@@H](NC[C@H](O)COc2cccc(S(C)(=O)=O)c2)CO3)c(=O)c2ccccc21.CS(=O)(=O)O. The number of piperidine rings is 1. The molecule has 2 atom stereocenters. The molecule has 17 heteroatoms. The fourth-order valence-electron chi connectivity index (χ4n) is 5.71. The van der Waals surface area contributed by atoms with Gasteiger partial charge in [-0.15, -0.1) is 0 Å². The fraction of sp³-hybridized carbons (Fsp3) is 0.500. The maximum atomic E-state index is 13.6. The molecule has 14 nitrogen and oxygen atoms in total. The number of sulfone groups is 1. The van der Waals surface area contributed by atoms with Crippen molar-refractivity contribution >= 4 is 40.9 Å². The van der Waals surface area contributed by atoms with Crippen molar-refractivity contribution in [3.05, 3.63) is 65.0 Å². The fourth-order valence-corrected chi connectivity index (χ4v) is 7.91. The highest BCUT2D eigenvalue weighted by Gasteiger charge is 2.45. The van der Waals surface area contributed by atoms with E-state index in [1.54, 1.807) is 28.8 Å². The van der Waals surface area contributed by atoms with Crippen LogP contribution in [-0.2, 0) is 41.3 Å². The van der Waals surface area contributed by atoms with Crippen LogP contribution in [0.2, 0.25) is 0 Å². The topological polar surface area (TPSA) is 199 Å². The van der Waals surface area contributed by atoms with Crippen molar-refractivity contribution in [3.8, 4) is 5.75 Å². The number of ether oxygens (including phenoxy) is 2. The van der Waals surface area contributed by atoms with Crippen molar-refractivity contribution in [2.75, 3.05) is 45.4 Å². The first kappa shape index (κ1) is 36.9. The summed E-state index contributed by atoms with van der Waals surface area (Å²) in [5, 5.41) is 14.1. The van der Waals surface area contributed by atoms with Crippen LogP contribution in [0, 0.1) is 0 Å². The maximum absolute atomic E-state index is 13.6. The third-order valence-corrected chi connectivity index (χ3v) is 11.1. The summed E-state index contributed by atoms with van der Waals surface area (Å²) < 4.78 is 91.4. The minimum atomic E-state index is -3.99. The number of rotatable bonds is 10. The van der Waals surface area contributed by atoms with E-state index in [-0.39, 0.29) is 42.1 Å². The number of hydrogen-bond donors (Lipinski definition) is 3. The molecule has 3 heterocycles. The monoisotopic (exact) mass is 715 g/mol. The molecule has 1 aromatic heterocycles. The zero-order chi connectivity index (χ0) is 34.6. The molecule has 2 aliphatic heterocycles. The molecule has 1 spiro atoms. The number of pyridine rings is 1. The predicted octanol–water partition coefficient (Wildman–Crippen LogP) is 1.27. The smallest absolute Gasteiger partial charge is 0.261 e. The first-order valence-corrected chi connectivity index (χ1v) is 20.1. The van der Waals surface area contributed by atoms with Crippen LogP contribution in [0.5, 0.6) is 5.75 Å². The molecule has 2 saturated heterocycles. The Morgan fingerprint density at radius 2 is 1.70 bits per heavy atom. The second kappa shape index (κ2) is 14.7. The quantitative estimate of drug-likeness (QED) is 0.255. The summed E-state index contributed by atoms with van der Waals surface area (Å²) in [6.45, 7) is 3.61. The van der Waals surface area contributed by atoms with Gasteiger partial charge in [-0.05, 0) is 56.5 Å². The molecule has 3 N–H and O–H groups in total. The third kappa shape index (κ3) is 9.60. The Kier molecular flexibility index (Phi) is 11.5. The predicted molar refractivity (Wildman–Crippen MR) is 175 cm³/mol. The average molecular weight is 716 g/mol. The van der Waals surface area contributed by atoms with Crippen molar-refractivity contribution in [2.45, 2.75) is 60.3 Å². The Labute approximate surface area is 275 Å². The first-order chi connectivity index (χ1) is 21.9. The highest BCUT2D eigenvalue weighted by molar-refractivity contribution is 7.90. The zero-order valence-electron chi connectivity index (χ0n) is 26.4. The van der Waals surface area contributed by atoms with Crippen molar-refractivity contribution in [1.82, 2.24) is 14.2 Å². The molecule has 0 unspecified atom stereocenters. The molecule has 5 rings (SSSR count). The van der Waals surface area contributed by atoms with E-state index in [2.05, 4.69) is 5.32 Å². The standard InChI is InChI=1S/C29H37N3O8S2.CH4O3S/c1-3-31-18-27(28(34)25-9-4-5-10-26(25)31)42(37,38)32-13-11-29(12-14-32)16-21(19-40-29)30-17-22(33)20-39-23-7-6-8-24(15-23)41(2,35)36;1-5(2,3)4/h4-10,15,18,21-22,30,33H,3,11-14,16-17,19-20H2,1-2H3;1H3,(H,2,3,4)/t21-,22+;/m1./s1. The molecule has 260 valence electrons. The minimum Gasteiger partial charge on any atom is -0.491 e. The van der Waals surface area contributed by atoms with Gasteiger partial charge in [0.15, 0.2) is 9.84 Å². The molecule has 2 aliphatic rings. The van der Waals surface area contributed by atoms with E-state index in [1.807, 2.05) is 19.1 Å². The van der Waals surface area contributed by atoms with Gasteiger partial charge in [0.1, 0.15) is 23.4 Å². The number of sulfonamides is 1. The van der Waals surface area contributed by atoms with Gasteiger partial charge in [0.05, 0.1) is 28.9 Å². The number of aliphatic hydroxyl groups excluding tert-OH is 1. The van der Waals surface area contributed by atoms with Gasteiger partial charge in [0.2, 0.25) is 15.5 Å². The van der Waals surface area contributed by atoms with Gasteiger partial charge in [-0.3, -0.25) is 9.35 Å². The van der Waals surface area contributed by atoms with Crippen LogP contribution in [-0.4, -0.2) is 107 Å². The Balaban J connectivity index is 0.000000930. The Morgan fingerprint density at radius 1 is 1.04 bits per heavy atom. The van der Waals surface area contributed by atoms with Gasteiger partial charge in [-0.2, -0.15) is 12.7 Å². The lowest BCUT2D eigenvalue weighted by atomic mass is 9.88. The average Bonchev–Trinajstić information content (AvgIpc) is 3.40. The van der Waals surface area contributed by atoms with Gasteiger partial charge in [0.25, 0.3) is 10.1 Å². The van der Waals surface area contributed by atoms with Gasteiger partial charge in [0, 0.05) is 50.1 Å². The first-order valence-electron chi connectivity index (χ1n) is 14.9. The van der Waals surface area contributed by atoms with Crippen LogP contribution in [0.4, 0.5) is 0 Å². The molecule has 2 fully saturated rings. The van der Waals surface area contributed by atoms with Crippen LogP contribution in [0.15, 0.2) is 69.3 Å². The zero-order valence-corrected chi connectivity index (χ0v) is 28.9.